The van der Waals surface area contributed by atoms with E-state index in [9.17, 15) is 9.59 Å². The van der Waals surface area contributed by atoms with Crippen LogP contribution < -0.4 is 4.74 Å². The molecule has 5 heteroatoms. The van der Waals surface area contributed by atoms with E-state index in [0.717, 1.165) is 11.3 Å². The predicted molar refractivity (Wildman–Crippen MR) is 97.8 cm³/mol. The average Bonchev–Trinajstić information content (AvgIpc) is 2.65. The molecule has 0 spiro atoms. The molecule has 0 atom stereocenters. The zero-order chi connectivity index (χ0) is 18.8. The fourth-order valence-corrected chi connectivity index (χ4v) is 2.05. The number of carbonyl (C=O) groups is 2. The summed E-state index contributed by atoms with van der Waals surface area (Å²) in [7, 11) is 0. The van der Waals surface area contributed by atoms with Crippen LogP contribution in [0.2, 0.25) is 0 Å². The third kappa shape index (κ3) is 7.38. The molecule has 26 heavy (non-hydrogen) atoms. The van der Waals surface area contributed by atoms with Gasteiger partial charge in [-0.1, -0.05) is 44.2 Å². The Balaban J connectivity index is 1.70. The van der Waals surface area contributed by atoms with Gasteiger partial charge in [-0.2, -0.15) is 0 Å². The van der Waals surface area contributed by atoms with Crippen LogP contribution in [0, 0.1) is 5.92 Å². The summed E-state index contributed by atoms with van der Waals surface area (Å²) in [6, 6.07) is 16.8. The summed E-state index contributed by atoms with van der Waals surface area (Å²) in [6.45, 7) is 4.44. The van der Waals surface area contributed by atoms with Crippen molar-refractivity contribution in [3.63, 3.8) is 0 Å². The van der Waals surface area contributed by atoms with Crippen molar-refractivity contribution in [2.75, 3.05) is 6.61 Å². The molecule has 0 heterocycles. The van der Waals surface area contributed by atoms with Gasteiger partial charge in [0.05, 0.1) is 19.4 Å². The maximum Gasteiger partial charge on any atom is 0.306 e. The summed E-state index contributed by atoms with van der Waals surface area (Å²) < 4.78 is 15.9. The molecule has 2 aromatic carbocycles. The number of para-hydroxylation sites is 1. The van der Waals surface area contributed by atoms with Crippen LogP contribution in [-0.2, 0) is 25.7 Å². The smallest absolute Gasteiger partial charge is 0.306 e. The number of hydrogen-bond acceptors (Lipinski definition) is 5. The van der Waals surface area contributed by atoms with Crippen molar-refractivity contribution in [3.05, 3.63) is 60.2 Å². The van der Waals surface area contributed by atoms with E-state index in [4.69, 9.17) is 14.2 Å². The van der Waals surface area contributed by atoms with Gasteiger partial charge >= 0.3 is 11.9 Å². The second kappa shape index (κ2) is 10.2. The molecule has 0 aliphatic heterocycles. The summed E-state index contributed by atoms with van der Waals surface area (Å²) >= 11 is 0. The second-order valence-electron chi connectivity index (χ2n) is 6.30. The lowest BCUT2D eigenvalue weighted by Crippen LogP contribution is -2.12. The average molecular weight is 356 g/mol. The largest absolute Gasteiger partial charge is 0.465 e. The number of esters is 2. The quantitative estimate of drug-likeness (QED) is 0.619. The van der Waals surface area contributed by atoms with Crippen LogP contribution in [0.15, 0.2) is 54.6 Å². The van der Waals surface area contributed by atoms with Crippen molar-refractivity contribution in [2.45, 2.75) is 33.3 Å². The maximum absolute atomic E-state index is 11.7. The van der Waals surface area contributed by atoms with Gasteiger partial charge in [-0.3, -0.25) is 9.59 Å². The third-order valence-electron chi connectivity index (χ3n) is 3.41. The monoisotopic (exact) mass is 356 g/mol. The highest BCUT2D eigenvalue weighted by Gasteiger charge is 2.10. The Labute approximate surface area is 153 Å². The summed E-state index contributed by atoms with van der Waals surface area (Å²) in [5.74, 6) is 0.948. The fourth-order valence-electron chi connectivity index (χ4n) is 2.05. The molecule has 0 aliphatic carbocycles. The molecule has 0 aromatic heterocycles. The minimum absolute atomic E-state index is 0.0200. The normalized spacial score (nSPS) is 10.4. The summed E-state index contributed by atoms with van der Waals surface area (Å²) in [4.78, 5) is 23.2. The SMILES string of the molecule is CC(C)COC(=O)CCC(=O)OCc1ccc(Oc2ccccc2)cc1. The molecule has 138 valence electrons. The van der Waals surface area contributed by atoms with Gasteiger partial charge < -0.3 is 14.2 Å². The molecule has 2 rings (SSSR count). The summed E-state index contributed by atoms with van der Waals surface area (Å²) in [5.41, 5.74) is 0.848. The van der Waals surface area contributed by atoms with E-state index in [0.29, 0.717) is 12.4 Å². The van der Waals surface area contributed by atoms with Gasteiger partial charge in [0, 0.05) is 0 Å². The first-order valence-electron chi connectivity index (χ1n) is 8.66. The number of carbonyl (C=O) groups excluding carboxylic acids is 2. The van der Waals surface area contributed by atoms with Crippen LogP contribution >= 0.6 is 0 Å². The lowest BCUT2D eigenvalue weighted by Gasteiger charge is -2.08. The maximum atomic E-state index is 11.7. The molecule has 5 nitrogen and oxygen atoms in total. The van der Waals surface area contributed by atoms with E-state index in [-0.39, 0.29) is 31.3 Å². The van der Waals surface area contributed by atoms with E-state index in [1.54, 1.807) is 0 Å². The van der Waals surface area contributed by atoms with E-state index in [1.165, 1.54) is 0 Å². The molecule has 0 radical (unpaired) electrons. The van der Waals surface area contributed by atoms with E-state index in [2.05, 4.69) is 0 Å². The van der Waals surface area contributed by atoms with Crippen LogP contribution in [0.4, 0.5) is 0 Å². The highest BCUT2D eigenvalue weighted by Crippen LogP contribution is 2.21. The van der Waals surface area contributed by atoms with Gasteiger partial charge in [0.2, 0.25) is 0 Å². The van der Waals surface area contributed by atoms with Crippen LogP contribution in [0.1, 0.15) is 32.3 Å². The summed E-state index contributed by atoms with van der Waals surface area (Å²) in [5, 5.41) is 0. The standard InChI is InChI=1S/C21H24O5/c1-16(2)14-24-20(22)12-13-21(23)25-15-17-8-10-19(11-9-17)26-18-6-4-3-5-7-18/h3-11,16H,12-15H2,1-2H3. The minimum atomic E-state index is -0.420. The molecule has 0 unspecified atom stereocenters. The lowest BCUT2D eigenvalue weighted by molar-refractivity contribution is -0.151. The highest BCUT2D eigenvalue weighted by molar-refractivity contribution is 5.77. The first kappa shape index (κ1) is 19.5. The Morgan fingerprint density at radius 1 is 0.808 bits per heavy atom. The minimum Gasteiger partial charge on any atom is -0.465 e. The third-order valence-corrected chi connectivity index (χ3v) is 3.41. The van der Waals surface area contributed by atoms with Gasteiger partial charge in [-0.25, -0.2) is 0 Å². The number of rotatable bonds is 9. The number of benzene rings is 2. The second-order valence-corrected chi connectivity index (χ2v) is 6.30. The van der Waals surface area contributed by atoms with Crippen molar-refractivity contribution in [1.29, 1.82) is 0 Å². The first-order valence-corrected chi connectivity index (χ1v) is 8.66. The Kier molecular flexibility index (Phi) is 7.68. The Hall–Kier alpha value is -2.82. The van der Waals surface area contributed by atoms with E-state index in [1.807, 2.05) is 68.4 Å². The van der Waals surface area contributed by atoms with Crippen molar-refractivity contribution in [1.82, 2.24) is 0 Å². The van der Waals surface area contributed by atoms with Gasteiger partial charge in [-0.15, -0.1) is 0 Å². The molecular formula is C21H24O5. The van der Waals surface area contributed by atoms with Crippen LogP contribution in [0.25, 0.3) is 0 Å². The Morgan fingerprint density at radius 3 is 2.00 bits per heavy atom. The van der Waals surface area contributed by atoms with Gasteiger partial charge in [0.1, 0.15) is 18.1 Å². The zero-order valence-electron chi connectivity index (χ0n) is 15.1. The van der Waals surface area contributed by atoms with Crippen molar-refractivity contribution < 1.29 is 23.8 Å². The molecule has 2 aromatic rings. The Morgan fingerprint density at radius 2 is 1.38 bits per heavy atom. The molecule has 0 saturated heterocycles. The highest BCUT2D eigenvalue weighted by atomic mass is 16.5. The number of ether oxygens (including phenoxy) is 3. The molecule has 0 amide bonds. The zero-order valence-corrected chi connectivity index (χ0v) is 15.1. The van der Waals surface area contributed by atoms with Crippen LogP contribution in [-0.4, -0.2) is 18.5 Å². The lowest BCUT2D eigenvalue weighted by atomic mass is 10.2. The van der Waals surface area contributed by atoms with Crippen LogP contribution in [0.5, 0.6) is 11.5 Å². The molecule has 0 aliphatic rings. The first-order chi connectivity index (χ1) is 12.5. The molecular weight excluding hydrogens is 332 g/mol. The predicted octanol–water partition coefficient (Wildman–Crippen LogP) is 4.50. The topological polar surface area (TPSA) is 61.8 Å². The van der Waals surface area contributed by atoms with Crippen molar-refractivity contribution in [3.8, 4) is 11.5 Å². The molecule has 0 saturated carbocycles. The van der Waals surface area contributed by atoms with Crippen molar-refractivity contribution in [2.24, 2.45) is 5.92 Å². The van der Waals surface area contributed by atoms with Gasteiger partial charge in [0.15, 0.2) is 0 Å². The van der Waals surface area contributed by atoms with E-state index < -0.39 is 5.97 Å². The fraction of sp³-hybridized carbons (Fsp3) is 0.333. The van der Waals surface area contributed by atoms with Gasteiger partial charge in [0.25, 0.3) is 0 Å². The van der Waals surface area contributed by atoms with E-state index >= 15 is 0 Å². The summed E-state index contributed by atoms with van der Waals surface area (Å²) in [6.07, 6.45) is 0.0571. The van der Waals surface area contributed by atoms with Crippen molar-refractivity contribution >= 4 is 11.9 Å². The number of hydrogen-bond donors (Lipinski definition) is 0. The van der Waals surface area contributed by atoms with Gasteiger partial charge in [-0.05, 0) is 35.7 Å². The van der Waals surface area contributed by atoms with Crippen LogP contribution in [0.3, 0.4) is 0 Å². The Bertz CT molecular complexity index is 692. The molecule has 0 bridgehead atoms. The molecule has 0 N–H and O–H groups in total. The molecule has 0 fully saturated rings.